The Morgan fingerprint density at radius 2 is 1.95 bits per heavy atom. The summed E-state index contributed by atoms with van der Waals surface area (Å²) in [6, 6.07) is 12.3. The maximum absolute atomic E-state index is 11.8. The fourth-order valence-electron chi connectivity index (χ4n) is 1.74. The van der Waals surface area contributed by atoms with Gasteiger partial charge in [0.1, 0.15) is 5.69 Å². The summed E-state index contributed by atoms with van der Waals surface area (Å²) in [7, 11) is 1.58. The number of amides is 2. The van der Waals surface area contributed by atoms with Crippen LogP contribution < -0.4 is 10.6 Å². The van der Waals surface area contributed by atoms with E-state index < -0.39 is 0 Å². The van der Waals surface area contributed by atoms with Crippen molar-refractivity contribution in [3.05, 3.63) is 65.5 Å². The molecular weight excluding hydrogens is 254 g/mol. The van der Waals surface area contributed by atoms with Gasteiger partial charge in [0, 0.05) is 25.4 Å². The van der Waals surface area contributed by atoms with Crippen LogP contribution in [-0.2, 0) is 6.54 Å². The van der Waals surface area contributed by atoms with Gasteiger partial charge in [0.05, 0.1) is 0 Å². The summed E-state index contributed by atoms with van der Waals surface area (Å²) in [5.41, 5.74) is 1.79. The molecule has 0 unspecified atom stereocenters. The summed E-state index contributed by atoms with van der Waals surface area (Å²) in [5, 5.41) is 5.33. The van der Waals surface area contributed by atoms with Crippen molar-refractivity contribution in [2.24, 2.45) is 0 Å². The van der Waals surface area contributed by atoms with Crippen LogP contribution >= 0.6 is 0 Å². The zero-order valence-corrected chi connectivity index (χ0v) is 11.1. The van der Waals surface area contributed by atoms with E-state index in [1.54, 1.807) is 49.6 Å². The van der Waals surface area contributed by atoms with Gasteiger partial charge in [-0.3, -0.25) is 14.6 Å². The van der Waals surface area contributed by atoms with Gasteiger partial charge in [-0.2, -0.15) is 0 Å². The lowest BCUT2D eigenvalue weighted by Gasteiger charge is -2.06. The summed E-state index contributed by atoms with van der Waals surface area (Å²) in [6.45, 7) is 0.347. The minimum Gasteiger partial charge on any atom is -0.355 e. The summed E-state index contributed by atoms with van der Waals surface area (Å²) in [4.78, 5) is 27.3. The number of hydrogen-bond acceptors (Lipinski definition) is 3. The monoisotopic (exact) mass is 269 g/mol. The maximum atomic E-state index is 11.8. The first-order chi connectivity index (χ1) is 9.70. The van der Waals surface area contributed by atoms with Crippen molar-refractivity contribution in [3.8, 4) is 0 Å². The largest absolute Gasteiger partial charge is 0.355 e. The zero-order valence-electron chi connectivity index (χ0n) is 11.1. The Morgan fingerprint density at radius 1 is 1.10 bits per heavy atom. The number of carbonyl (C=O) groups is 2. The van der Waals surface area contributed by atoms with E-state index in [1.165, 1.54) is 0 Å². The molecule has 2 amide bonds. The second-order valence-corrected chi connectivity index (χ2v) is 4.18. The Kier molecular flexibility index (Phi) is 4.44. The lowest BCUT2D eigenvalue weighted by molar-refractivity contribution is 0.0944. The van der Waals surface area contributed by atoms with Crippen LogP contribution in [-0.4, -0.2) is 23.8 Å². The molecule has 1 aromatic carbocycles. The van der Waals surface area contributed by atoms with E-state index in [2.05, 4.69) is 15.6 Å². The first kappa shape index (κ1) is 13.7. The van der Waals surface area contributed by atoms with Crippen molar-refractivity contribution in [2.45, 2.75) is 6.54 Å². The van der Waals surface area contributed by atoms with Crippen LogP contribution in [0.25, 0.3) is 0 Å². The lowest BCUT2D eigenvalue weighted by atomic mass is 10.1. The Bertz CT molecular complexity index is 612. The average molecular weight is 269 g/mol. The van der Waals surface area contributed by atoms with Gasteiger partial charge in [-0.1, -0.05) is 18.2 Å². The highest BCUT2D eigenvalue weighted by atomic mass is 16.2. The van der Waals surface area contributed by atoms with Crippen LogP contribution in [0.15, 0.2) is 48.7 Å². The van der Waals surface area contributed by atoms with E-state index in [4.69, 9.17) is 0 Å². The van der Waals surface area contributed by atoms with Crippen molar-refractivity contribution in [3.63, 3.8) is 0 Å². The lowest BCUT2D eigenvalue weighted by Crippen LogP contribution is -2.24. The average Bonchev–Trinajstić information content (AvgIpc) is 2.53. The molecule has 0 aliphatic rings. The number of nitrogens with zero attached hydrogens (tertiary/aromatic N) is 1. The molecule has 5 nitrogen and oxygen atoms in total. The fourth-order valence-corrected chi connectivity index (χ4v) is 1.74. The van der Waals surface area contributed by atoms with E-state index in [9.17, 15) is 9.59 Å². The SMILES string of the molecule is CNC(=O)c1cccc(CNC(=O)c2ccccn2)c1. The first-order valence-corrected chi connectivity index (χ1v) is 6.21. The van der Waals surface area contributed by atoms with Crippen LogP contribution in [0.3, 0.4) is 0 Å². The Morgan fingerprint density at radius 3 is 2.65 bits per heavy atom. The van der Waals surface area contributed by atoms with E-state index >= 15 is 0 Å². The third kappa shape index (κ3) is 3.41. The summed E-state index contributed by atoms with van der Waals surface area (Å²) >= 11 is 0. The molecule has 5 heteroatoms. The number of carbonyl (C=O) groups excluding carboxylic acids is 2. The van der Waals surface area contributed by atoms with Crippen molar-refractivity contribution in [2.75, 3.05) is 7.05 Å². The van der Waals surface area contributed by atoms with Crippen LogP contribution in [0.4, 0.5) is 0 Å². The van der Waals surface area contributed by atoms with Gasteiger partial charge < -0.3 is 10.6 Å². The van der Waals surface area contributed by atoms with Crippen LogP contribution in [0.1, 0.15) is 26.4 Å². The summed E-state index contributed by atoms with van der Waals surface area (Å²) < 4.78 is 0. The van der Waals surface area contributed by atoms with Crippen LogP contribution in [0.2, 0.25) is 0 Å². The Balaban J connectivity index is 2.01. The van der Waals surface area contributed by atoms with Crippen molar-refractivity contribution in [1.29, 1.82) is 0 Å². The topological polar surface area (TPSA) is 71.1 Å². The third-order valence-corrected chi connectivity index (χ3v) is 2.77. The zero-order chi connectivity index (χ0) is 14.4. The molecule has 0 saturated heterocycles. The Labute approximate surface area is 117 Å². The number of hydrogen-bond donors (Lipinski definition) is 2. The van der Waals surface area contributed by atoms with E-state index in [0.717, 1.165) is 5.56 Å². The number of rotatable bonds is 4. The molecule has 0 fully saturated rings. The van der Waals surface area contributed by atoms with Gasteiger partial charge >= 0.3 is 0 Å². The van der Waals surface area contributed by atoms with E-state index in [0.29, 0.717) is 17.8 Å². The van der Waals surface area contributed by atoms with Crippen LogP contribution in [0.5, 0.6) is 0 Å². The molecule has 2 rings (SSSR count). The molecular formula is C15H15N3O2. The summed E-state index contributed by atoms with van der Waals surface area (Å²) in [5.74, 6) is -0.390. The first-order valence-electron chi connectivity index (χ1n) is 6.21. The highest BCUT2D eigenvalue weighted by molar-refractivity contribution is 5.94. The van der Waals surface area contributed by atoms with E-state index in [-0.39, 0.29) is 11.8 Å². The molecule has 2 aromatic rings. The highest BCUT2D eigenvalue weighted by Gasteiger charge is 2.07. The second-order valence-electron chi connectivity index (χ2n) is 4.18. The predicted octanol–water partition coefficient (Wildman–Crippen LogP) is 1.37. The van der Waals surface area contributed by atoms with Gasteiger partial charge in [0.2, 0.25) is 0 Å². The molecule has 0 atom stereocenters. The van der Waals surface area contributed by atoms with Crippen molar-refractivity contribution >= 4 is 11.8 Å². The Hall–Kier alpha value is -2.69. The van der Waals surface area contributed by atoms with Gasteiger partial charge in [-0.05, 0) is 29.8 Å². The van der Waals surface area contributed by atoms with Gasteiger partial charge in [-0.15, -0.1) is 0 Å². The minimum absolute atomic E-state index is 0.150. The smallest absolute Gasteiger partial charge is 0.270 e. The highest BCUT2D eigenvalue weighted by Crippen LogP contribution is 2.05. The molecule has 0 aliphatic carbocycles. The molecule has 1 heterocycles. The predicted molar refractivity (Wildman–Crippen MR) is 75.2 cm³/mol. The molecule has 0 aliphatic heterocycles. The molecule has 0 bridgehead atoms. The second kappa shape index (κ2) is 6.47. The molecule has 1 aromatic heterocycles. The van der Waals surface area contributed by atoms with E-state index in [1.807, 2.05) is 6.07 Å². The number of nitrogens with one attached hydrogen (secondary N) is 2. The fraction of sp³-hybridized carbons (Fsp3) is 0.133. The standard InChI is InChI=1S/C15H15N3O2/c1-16-14(19)12-6-4-5-11(9-12)10-18-15(20)13-7-2-3-8-17-13/h2-9H,10H2,1H3,(H,16,19)(H,18,20). The molecule has 102 valence electrons. The van der Waals surface area contributed by atoms with Crippen molar-refractivity contribution in [1.82, 2.24) is 15.6 Å². The molecule has 0 spiro atoms. The van der Waals surface area contributed by atoms with Crippen molar-refractivity contribution < 1.29 is 9.59 Å². The number of benzene rings is 1. The summed E-state index contributed by atoms with van der Waals surface area (Å²) in [6.07, 6.45) is 1.57. The number of aromatic nitrogens is 1. The normalized spacial score (nSPS) is 9.85. The molecule has 20 heavy (non-hydrogen) atoms. The third-order valence-electron chi connectivity index (χ3n) is 2.77. The van der Waals surface area contributed by atoms with Gasteiger partial charge in [0.25, 0.3) is 11.8 Å². The minimum atomic E-state index is -0.240. The molecule has 0 radical (unpaired) electrons. The molecule has 2 N–H and O–H groups in total. The maximum Gasteiger partial charge on any atom is 0.270 e. The quantitative estimate of drug-likeness (QED) is 0.880. The van der Waals surface area contributed by atoms with Crippen LogP contribution in [0, 0.1) is 0 Å². The number of pyridine rings is 1. The van der Waals surface area contributed by atoms with Gasteiger partial charge in [0.15, 0.2) is 0 Å². The molecule has 0 saturated carbocycles. The van der Waals surface area contributed by atoms with Gasteiger partial charge in [-0.25, -0.2) is 0 Å².